The van der Waals surface area contributed by atoms with Crippen LogP contribution < -0.4 is 4.74 Å². The van der Waals surface area contributed by atoms with Crippen LogP contribution in [0, 0.1) is 6.92 Å². The van der Waals surface area contributed by atoms with Gasteiger partial charge in [-0.25, -0.2) is 0 Å². The van der Waals surface area contributed by atoms with Gasteiger partial charge in [-0.2, -0.15) is 0 Å². The second kappa shape index (κ2) is 7.12. The molecule has 0 spiro atoms. The SMILES string of the molecule is CC=C(C)C(Cc1ccc(C)cc1)c1ccc(OC)cc1. The lowest BCUT2D eigenvalue weighted by molar-refractivity contribution is 0.414. The van der Waals surface area contributed by atoms with Crippen LogP contribution in [0.25, 0.3) is 0 Å². The highest BCUT2D eigenvalue weighted by Crippen LogP contribution is 2.29. The first-order valence-corrected chi connectivity index (χ1v) is 7.46. The van der Waals surface area contributed by atoms with Crippen molar-refractivity contribution in [3.8, 4) is 5.75 Å². The molecule has 0 N–H and O–H groups in total. The van der Waals surface area contributed by atoms with Gasteiger partial charge < -0.3 is 4.74 Å². The zero-order valence-electron chi connectivity index (χ0n) is 13.4. The van der Waals surface area contributed by atoms with Gasteiger partial charge in [0.15, 0.2) is 0 Å². The maximum absolute atomic E-state index is 5.25. The molecular formula is C20H24O. The van der Waals surface area contributed by atoms with Gasteiger partial charge in [0.1, 0.15) is 5.75 Å². The number of benzene rings is 2. The van der Waals surface area contributed by atoms with Crippen LogP contribution >= 0.6 is 0 Å². The highest BCUT2D eigenvalue weighted by molar-refractivity contribution is 5.36. The molecule has 0 heterocycles. The normalized spacial score (nSPS) is 13.0. The van der Waals surface area contributed by atoms with Crippen molar-refractivity contribution >= 4 is 0 Å². The van der Waals surface area contributed by atoms with Gasteiger partial charge in [0.2, 0.25) is 0 Å². The third kappa shape index (κ3) is 3.98. The van der Waals surface area contributed by atoms with E-state index in [1.165, 1.54) is 22.3 Å². The van der Waals surface area contributed by atoms with Crippen LogP contribution in [0.1, 0.15) is 36.5 Å². The van der Waals surface area contributed by atoms with Gasteiger partial charge in [-0.3, -0.25) is 0 Å². The van der Waals surface area contributed by atoms with Crippen molar-refractivity contribution in [3.63, 3.8) is 0 Å². The van der Waals surface area contributed by atoms with E-state index in [0.29, 0.717) is 5.92 Å². The molecular weight excluding hydrogens is 256 g/mol. The van der Waals surface area contributed by atoms with Gasteiger partial charge in [0.05, 0.1) is 7.11 Å². The summed E-state index contributed by atoms with van der Waals surface area (Å²) in [6.07, 6.45) is 3.24. The lowest BCUT2D eigenvalue weighted by Gasteiger charge is -2.19. The third-order valence-corrected chi connectivity index (χ3v) is 4.08. The summed E-state index contributed by atoms with van der Waals surface area (Å²) >= 11 is 0. The van der Waals surface area contributed by atoms with Crippen LogP contribution in [0.2, 0.25) is 0 Å². The average Bonchev–Trinajstić information content (AvgIpc) is 2.54. The smallest absolute Gasteiger partial charge is 0.118 e. The molecule has 0 aliphatic carbocycles. The second-order valence-corrected chi connectivity index (χ2v) is 5.55. The number of allylic oxidation sites excluding steroid dienone is 2. The van der Waals surface area contributed by atoms with E-state index in [4.69, 9.17) is 4.74 Å². The predicted molar refractivity (Wildman–Crippen MR) is 90.0 cm³/mol. The van der Waals surface area contributed by atoms with Crippen LogP contribution in [-0.2, 0) is 6.42 Å². The van der Waals surface area contributed by atoms with E-state index in [-0.39, 0.29) is 0 Å². The Balaban J connectivity index is 2.27. The minimum Gasteiger partial charge on any atom is -0.497 e. The zero-order chi connectivity index (χ0) is 15.2. The summed E-state index contributed by atoms with van der Waals surface area (Å²) in [6, 6.07) is 17.3. The van der Waals surface area contributed by atoms with Crippen LogP contribution in [0.4, 0.5) is 0 Å². The molecule has 0 aliphatic rings. The van der Waals surface area contributed by atoms with E-state index in [1.54, 1.807) is 7.11 Å². The highest BCUT2D eigenvalue weighted by atomic mass is 16.5. The number of hydrogen-bond acceptors (Lipinski definition) is 1. The van der Waals surface area contributed by atoms with Crippen molar-refractivity contribution in [1.29, 1.82) is 0 Å². The number of aryl methyl sites for hydroxylation is 1. The fraction of sp³-hybridized carbons (Fsp3) is 0.300. The first-order chi connectivity index (χ1) is 10.1. The van der Waals surface area contributed by atoms with Crippen molar-refractivity contribution in [2.45, 2.75) is 33.1 Å². The standard InChI is InChI=1S/C20H24O/c1-5-16(3)20(14-17-8-6-15(2)7-9-17)18-10-12-19(21-4)13-11-18/h5-13,20H,14H2,1-4H3. The molecule has 1 atom stereocenters. The Hall–Kier alpha value is -2.02. The predicted octanol–water partition coefficient (Wildman–Crippen LogP) is 5.30. The van der Waals surface area contributed by atoms with Gasteiger partial charge in [0.25, 0.3) is 0 Å². The minimum atomic E-state index is 0.420. The molecule has 1 unspecified atom stereocenters. The van der Waals surface area contributed by atoms with Crippen LogP contribution in [0.3, 0.4) is 0 Å². The molecule has 2 rings (SSSR count). The topological polar surface area (TPSA) is 9.23 Å². The first kappa shape index (κ1) is 15.4. The van der Waals surface area contributed by atoms with E-state index >= 15 is 0 Å². The Morgan fingerprint density at radius 2 is 1.67 bits per heavy atom. The lowest BCUT2D eigenvalue weighted by atomic mass is 9.86. The Kier molecular flexibility index (Phi) is 5.21. The molecule has 0 aliphatic heterocycles. The minimum absolute atomic E-state index is 0.420. The molecule has 0 bridgehead atoms. The molecule has 2 aromatic rings. The summed E-state index contributed by atoms with van der Waals surface area (Å²) in [5.74, 6) is 1.33. The van der Waals surface area contributed by atoms with Crippen molar-refractivity contribution in [2.24, 2.45) is 0 Å². The Bertz CT molecular complexity index is 591. The maximum atomic E-state index is 5.25. The van der Waals surface area contributed by atoms with Crippen LogP contribution in [0.15, 0.2) is 60.2 Å². The molecule has 1 heteroatoms. The molecule has 21 heavy (non-hydrogen) atoms. The summed E-state index contributed by atoms with van der Waals surface area (Å²) in [5.41, 5.74) is 5.43. The molecule has 0 saturated heterocycles. The maximum Gasteiger partial charge on any atom is 0.118 e. The molecule has 0 radical (unpaired) electrons. The molecule has 0 aromatic heterocycles. The fourth-order valence-corrected chi connectivity index (χ4v) is 2.54. The number of hydrogen-bond donors (Lipinski definition) is 0. The van der Waals surface area contributed by atoms with E-state index < -0.39 is 0 Å². The lowest BCUT2D eigenvalue weighted by Crippen LogP contribution is -2.05. The van der Waals surface area contributed by atoms with Gasteiger partial charge in [-0.05, 0) is 50.5 Å². The average molecular weight is 280 g/mol. The summed E-state index contributed by atoms with van der Waals surface area (Å²) < 4.78 is 5.25. The van der Waals surface area contributed by atoms with Crippen molar-refractivity contribution in [1.82, 2.24) is 0 Å². The van der Waals surface area contributed by atoms with Gasteiger partial charge in [-0.1, -0.05) is 53.6 Å². The largest absolute Gasteiger partial charge is 0.497 e. The fourth-order valence-electron chi connectivity index (χ4n) is 2.54. The van der Waals surface area contributed by atoms with Crippen LogP contribution in [0.5, 0.6) is 5.75 Å². The van der Waals surface area contributed by atoms with Gasteiger partial charge in [-0.15, -0.1) is 0 Å². The van der Waals surface area contributed by atoms with Crippen molar-refractivity contribution in [3.05, 3.63) is 76.9 Å². The molecule has 0 amide bonds. The monoisotopic (exact) mass is 280 g/mol. The van der Waals surface area contributed by atoms with Crippen LogP contribution in [-0.4, -0.2) is 7.11 Å². The molecule has 110 valence electrons. The molecule has 1 nitrogen and oxygen atoms in total. The Morgan fingerprint density at radius 1 is 1.05 bits per heavy atom. The highest BCUT2D eigenvalue weighted by Gasteiger charge is 2.14. The molecule has 2 aromatic carbocycles. The first-order valence-electron chi connectivity index (χ1n) is 7.46. The van der Waals surface area contributed by atoms with Crippen molar-refractivity contribution in [2.75, 3.05) is 7.11 Å². The summed E-state index contributed by atoms with van der Waals surface area (Å²) in [4.78, 5) is 0. The second-order valence-electron chi connectivity index (χ2n) is 5.55. The van der Waals surface area contributed by atoms with Gasteiger partial charge >= 0.3 is 0 Å². The van der Waals surface area contributed by atoms with Crippen molar-refractivity contribution < 1.29 is 4.74 Å². The van der Waals surface area contributed by atoms with E-state index in [0.717, 1.165) is 12.2 Å². The molecule has 0 fully saturated rings. The zero-order valence-corrected chi connectivity index (χ0v) is 13.4. The Labute approximate surface area is 128 Å². The van der Waals surface area contributed by atoms with E-state index in [9.17, 15) is 0 Å². The summed E-state index contributed by atoms with van der Waals surface area (Å²) in [6.45, 7) is 6.45. The number of methoxy groups -OCH3 is 1. The quantitative estimate of drug-likeness (QED) is 0.676. The Morgan fingerprint density at radius 3 is 2.19 bits per heavy atom. The third-order valence-electron chi connectivity index (χ3n) is 4.08. The summed E-state index contributed by atoms with van der Waals surface area (Å²) in [7, 11) is 1.70. The number of rotatable bonds is 5. The summed E-state index contributed by atoms with van der Waals surface area (Å²) in [5, 5.41) is 0. The van der Waals surface area contributed by atoms with E-state index in [1.807, 2.05) is 12.1 Å². The molecule has 0 saturated carbocycles. The van der Waals surface area contributed by atoms with E-state index in [2.05, 4.69) is 63.2 Å². The van der Waals surface area contributed by atoms with Gasteiger partial charge in [0, 0.05) is 5.92 Å². The number of ether oxygens (including phenoxy) is 1.